The monoisotopic (exact) mass is 966 g/mol. The van der Waals surface area contributed by atoms with E-state index in [9.17, 15) is 29.4 Å². The summed E-state index contributed by atoms with van der Waals surface area (Å²) in [4.78, 5) is 55.0. The van der Waals surface area contributed by atoms with Gasteiger partial charge in [-0.2, -0.15) is 5.26 Å². The Bertz CT molecular complexity index is 2690. The van der Waals surface area contributed by atoms with E-state index >= 15 is 8.78 Å². The fourth-order valence-electron chi connectivity index (χ4n) is 6.92. The summed E-state index contributed by atoms with van der Waals surface area (Å²) in [5.41, 5.74) is -0.496. The van der Waals surface area contributed by atoms with Crippen molar-refractivity contribution in [3.63, 3.8) is 0 Å². The molecule has 1 aromatic carbocycles. The van der Waals surface area contributed by atoms with E-state index in [1.807, 2.05) is 39.9 Å². The van der Waals surface area contributed by atoms with Crippen LogP contribution in [0.2, 0.25) is 18.1 Å². The van der Waals surface area contributed by atoms with Gasteiger partial charge in [0, 0.05) is 22.7 Å². The van der Waals surface area contributed by atoms with Gasteiger partial charge in [0.2, 0.25) is 0 Å². The molecule has 7 rings (SSSR count). The Morgan fingerprint density at radius 3 is 2.64 bits per heavy atom. The molecular weight excluding hydrogens is 923 g/mol. The molecule has 9 atom stereocenters. The van der Waals surface area contributed by atoms with Crippen LogP contribution in [-0.2, 0) is 54.3 Å². The van der Waals surface area contributed by atoms with Gasteiger partial charge in [-0.25, -0.2) is 28.7 Å². The number of nitriles is 1. The Hall–Kier alpha value is -4.38. The van der Waals surface area contributed by atoms with Gasteiger partial charge >= 0.3 is 15.0 Å². The Kier molecular flexibility index (Phi) is 14.0. The quantitative estimate of drug-likeness (QED) is 0.0530. The number of aromatic amines is 1. The number of aromatic nitrogens is 7. The van der Waals surface area contributed by atoms with Gasteiger partial charge < -0.3 is 38.4 Å². The summed E-state index contributed by atoms with van der Waals surface area (Å²) in [6.07, 6.45) is -5.30. The lowest BCUT2D eigenvalue weighted by Crippen LogP contribution is -2.55. The summed E-state index contributed by atoms with van der Waals surface area (Å²) >= 11 is 5.77. The second-order valence-electron chi connectivity index (χ2n) is 16.2. The van der Waals surface area contributed by atoms with E-state index in [0.29, 0.717) is 5.56 Å². The average Bonchev–Trinajstić information content (AvgIpc) is 4.00. The van der Waals surface area contributed by atoms with Crippen molar-refractivity contribution in [3.05, 3.63) is 77.2 Å². The normalized spacial score (nSPS) is 25.1. The number of alkyl halides is 1. The van der Waals surface area contributed by atoms with Crippen LogP contribution in [-0.4, -0.2) is 109 Å². The van der Waals surface area contributed by atoms with Crippen LogP contribution < -0.4 is 10.9 Å². The first kappa shape index (κ1) is 47.6. The smallest absolute Gasteiger partial charge is 0.394 e. The van der Waals surface area contributed by atoms with Gasteiger partial charge in [0.15, 0.2) is 55.3 Å². The molecule has 4 aromatic heterocycles. The summed E-state index contributed by atoms with van der Waals surface area (Å²) in [7, 11) is -6.36. The number of ether oxygens (including phenoxy) is 2. The summed E-state index contributed by atoms with van der Waals surface area (Å²) < 4.78 is 89.9. The van der Waals surface area contributed by atoms with Crippen LogP contribution in [0, 0.1) is 17.1 Å². The molecule has 0 aliphatic carbocycles. The van der Waals surface area contributed by atoms with Crippen LogP contribution in [0.15, 0.2) is 60.3 Å². The standard InChI is InChI=1S/C37H43F2N9O12P2SSi/c1-36(2,3)64(4,5)60-37(48-15-23(38)26-31(48)42-19-44-34(26)51)25(58-61(52)53)14-22(57-37)17-55-62(63,54-13-9-12-40)59-29-24(16-49)56-35(27(29)39)47-20-45-28-30(41-18-43-32(28)47)46-33(50)21-10-7-6-8-11-21/h6-8,10-11,15,18-20,22,24-25,27,29,35,49H,9,13-14,16-17H2,1-5H3,(H2-,41,42,43,44,46,50,51,52,53)/p+1/t22-,24-,25-,27-,29-,35-,37-,62?/m1/s1. The van der Waals surface area contributed by atoms with E-state index in [1.54, 1.807) is 30.3 Å². The van der Waals surface area contributed by atoms with Crippen LogP contribution >= 0.6 is 15.0 Å². The van der Waals surface area contributed by atoms with Crippen molar-refractivity contribution < 1.29 is 60.1 Å². The maximum atomic E-state index is 16.8. The molecule has 0 saturated carbocycles. The van der Waals surface area contributed by atoms with E-state index in [1.165, 1.54) is 10.9 Å². The largest absolute Gasteiger partial charge is 0.695 e. The maximum absolute atomic E-state index is 16.8. The summed E-state index contributed by atoms with van der Waals surface area (Å²) in [6, 6.07) is 10.3. The Labute approximate surface area is 370 Å². The van der Waals surface area contributed by atoms with Gasteiger partial charge in [-0.15, -0.1) is 9.42 Å². The van der Waals surface area contributed by atoms with Crippen molar-refractivity contribution in [2.24, 2.45) is 0 Å². The molecule has 6 heterocycles. The summed E-state index contributed by atoms with van der Waals surface area (Å²) in [6.45, 7) is 3.69. The number of H-pyrrole nitrogens is 1. The van der Waals surface area contributed by atoms with Crippen molar-refractivity contribution >= 4 is 69.0 Å². The minimum atomic E-state index is -4.14. The predicted molar refractivity (Wildman–Crippen MR) is 228 cm³/mol. The van der Waals surface area contributed by atoms with Crippen molar-refractivity contribution in [1.82, 2.24) is 34.1 Å². The number of aliphatic hydroxyl groups excluding tert-OH is 1. The third-order valence-corrected chi connectivity index (χ3v) is 18.2. The molecule has 2 aliphatic rings. The second-order valence-corrected chi connectivity index (χ2v) is 24.6. The Balaban J connectivity index is 1.17. The number of benzene rings is 1. The van der Waals surface area contributed by atoms with Gasteiger partial charge in [0.05, 0.1) is 51.1 Å². The third kappa shape index (κ3) is 9.47. The van der Waals surface area contributed by atoms with Crippen molar-refractivity contribution in [2.45, 2.75) is 94.5 Å². The highest BCUT2D eigenvalue weighted by Crippen LogP contribution is 2.56. The lowest BCUT2D eigenvalue weighted by molar-refractivity contribution is -0.270. The Morgan fingerprint density at radius 2 is 1.95 bits per heavy atom. The van der Waals surface area contributed by atoms with Crippen LogP contribution in [0.5, 0.6) is 0 Å². The molecule has 27 heteroatoms. The first-order chi connectivity index (χ1) is 30.3. The fourth-order valence-corrected chi connectivity index (χ4v) is 10.8. The van der Waals surface area contributed by atoms with Crippen molar-refractivity contribution in [2.75, 3.05) is 25.1 Å². The molecule has 2 saturated heterocycles. The van der Waals surface area contributed by atoms with E-state index in [-0.39, 0.29) is 42.1 Å². The number of halogens is 2. The number of hydrogen-bond donors (Lipinski definition) is 4. The highest BCUT2D eigenvalue weighted by atomic mass is 32.5. The molecule has 2 unspecified atom stereocenters. The molecule has 1 amide bonds. The first-order valence-corrected chi connectivity index (χ1v) is 26.2. The number of amides is 1. The summed E-state index contributed by atoms with van der Waals surface area (Å²) in [5, 5.41) is 21.4. The average molecular weight is 967 g/mol. The number of carbonyl (C=O) groups excluding carboxylic acids is 1. The van der Waals surface area contributed by atoms with E-state index in [4.69, 9.17) is 43.8 Å². The van der Waals surface area contributed by atoms with Gasteiger partial charge in [-0.05, 0) is 42.1 Å². The first-order valence-electron chi connectivity index (χ1n) is 19.7. The van der Waals surface area contributed by atoms with Gasteiger partial charge in [-0.3, -0.25) is 23.2 Å². The van der Waals surface area contributed by atoms with Gasteiger partial charge in [0.25, 0.3) is 17.4 Å². The Morgan fingerprint density at radius 1 is 1.20 bits per heavy atom. The molecular formula is C37H44F2N9O12P2SSi+. The number of nitrogens with zero attached hydrogens (tertiary/aromatic N) is 7. The lowest BCUT2D eigenvalue weighted by Gasteiger charge is -2.44. The maximum Gasteiger partial charge on any atom is 0.695 e. The number of hydrogen-bond acceptors (Lipinski definition) is 17. The molecule has 4 N–H and O–H groups in total. The fraction of sp³-hybridized carbons (Fsp3) is 0.486. The van der Waals surface area contributed by atoms with Gasteiger partial charge in [0.1, 0.15) is 23.9 Å². The zero-order valence-corrected chi connectivity index (χ0v) is 38.5. The van der Waals surface area contributed by atoms with E-state index in [0.717, 1.165) is 23.4 Å². The molecule has 2 aliphatic heterocycles. The van der Waals surface area contributed by atoms with Crippen molar-refractivity contribution in [1.29, 1.82) is 5.26 Å². The zero-order chi connectivity index (χ0) is 46.2. The number of imidazole rings is 1. The minimum Gasteiger partial charge on any atom is -0.394 e. The number of nitrogens with one attached hydrogen (secondary N) is 2. The molecule has 0 bridgehead atoms. The molecule has 5 aromatic rings. The number of rotatable bonds is 17. The SMILES string of the molecule is CC(C)(C)[Si](C)(C)O[C@]1(n2cc(F)c3c(=O)[nH]cnc32)O[C@@H](COP(=S)(OCCC#N)O[C@H]2[C@@H](F)[C@H](n3cnc4c(NC(=O)c5ccccc5)ncnc43)O[C@@H]2CO)C[C@H]1O[P+](=O)O. The number of fused-ring (bicyclic) bond motifs is 2. The van der Waals surface area contributed by atoms with E-state index in [2.05, 4.69) is 30.2 Å². The molecule has 0 radical (unpaired) electrons. The number of anilines is 1. The predicted octanol–water partition coefficient (Wildman–Crippen LogP) is 5.20. The minimum absolute atomic E-state index is 0.0405. The number of carbonyl (C=O) groups is 1. The summed E-state index contributed by atoms with van der Waals surface area (Å²) in [5.74, 6) is -3.65. The van der Waals surface area contributed by atoms with Crippen LogP contribution in [0.3, 0.4) is 0 Å². The molecule has 0 spiro atoms. The molecule has 21 nitrogen and oxygen atoms in total. The number of aliphatic hydroxyl groups is 1. The molecule has 2 fully saturated rings. The van der Waals surface area contributed by atoms with E-state index < -0.39 is 107 Å². The highest BCUT2D eigenvalue weighted by Gasteiger charge is 2.61. The third-order valence-electron chi connectivity index (χ3n) is 11.0. The van der Waals surface area contributed by atoms with Crippen LogP contribution in [0.1, 0.15) is 50.2 Å². The van der Waals surface area contributed by atoms with Crippen LogP contribution in [0.25, 0.3) is 22.2 Å². The highest BCUT2D eigenvalue weighted by molar-refractivity contribution is 8.07. The van der Waals surface area contributed by atoms with Crippen LogP contribution in [0.4, 0.5) is 14.6 Å². The van der Waals surface area contributed by atoms with Gasteiger partial charge in [-0.1, -0.05) is 39.0 Å². The molecule has 64 heavy (non-hydrogen) atoms. The zero-order valence-electron chi connectivity index (χ0n) is 34.9. The topological polar surface area (TPSA) is 269 Å². The lowest BCUT2D eigenvalue weighted by atomic mass is 10.1. The second kappa shape index (κ2) is 18.8. The molecule has 342 valence electrons. The van der Waals surface area contributed by atoms with Crippen molar-refractivity contribution in [3.8, 4) is 6.07 Å².